The van der Waals surface area contributed by atoms with Gasteiger partial charge in [-0.1, -0.05) is 25.1 Å². The third-order valence-electron chi connectivity index (χ3n) is 3.93. The lowest BCUT2D eigenvalue weighted by Crippen LogP contribution is -2.41. The minimum Gasteiger partial charge on any atom is -0.484 e. The molecule has 4 nitrogen and oxygen atoms in total. The molecule has 0 radical (unpaired) electrons. The maximum absolute atomic E-state index is 12.3. The second kappa shape index (κ2) is 7.41. The van der Waals surface area contributed by atoms with Gasteiger partial charge < -0.3 is 15.4 Å². The molecule has 1 aromatic rings. The van der Waals surface area contributed by atoms with Crippen LogP contribution in [0.2, 0.25) is 0 Å². The number of nitrogens with zero attached hydrogens (tertiary/aromatic N) is 1. The van der Waals surface area contributed by atoms with E-state index in [1.165, 1.54) is 12.8 Å². The van der Waals surface area contributed by atoms with E-state index in [4.69, 9.17) is 22.7 Å². The first-order valence-electron chi connectivity index (χ1n) is 7.44. The number of nitrogens with two attached hydrogens (primary N) is 1. The van der Waals surface area contributed by atoms with Crippen molar-refractivity contribution in [3.8, 4) is 5.75 Å². The van der Waals surface area contributed by atoms with Crippen LogP contribution in [0.25, 0.3) is 0 Å². The third kappa shape index (κ3) is 4.17. The van der Waals surface area contributed by atoms with E-state index in [9.17, 15) is 4.79 Å². The standard InChI is InChI=1S/C16H22N2O2S/c1-2-18(13-5-3-4-6-13)15(19)11-20-14-9-7-12(8-10-14)16(17)21/h7-10,13H,2-6,11H2,1H3,(H2,17,21). The first kappa shape index (κ1) is 15.8. The van der Waals surface area contributed by atoms with Crippen LogP contribution < -0.4 is 10.5 Å². The fourth-order valence-electron chi connectivity index (χ4n) is 2.80. The molecular weight excluding hydrogens is 284 g/mol. The Kier molecular flexibility index (Phi) is 5.56. The molecule has 21 heavy (non-hydrogen) atoms. The zero-order valence-corrected chi connectivity index (χ0v) is 13.2. The zero-order chi connectivity index (χ0) is 15.2. The highest BCUT2D eigenvalue weighted by Crippen LogP contribution is 2.23. The van der Waals surface area contributed by atoms with Gasteiger partial charge in [0.15, 0.2) is 6.61 Å². The van der Waals surface area contributed by atoms with Gasteiger partial charge >= 0.3 is 0 Å². The molecule has 0 atom stereocenters. The number of thiocarbonyl (C=S) groups is 1. The summed E-state index contributed by atoms with van der Waals surface area (Å²) in [7, 11) is 0. The fraction of sp³-hybridized carbons (Fsp3) is 0.500. The van der Waals surface area contributed by atoms with Crippen molar-refractivity contribution in [2.45, 2.75) is 38.6 Å². The number of ether oxygens (including phenoxy) is 1. The summed E-state index contributed by atoms with van der Waals surface area (Å²) in [4.78, 5) is 14.6. The van der Waals surface area contributed by atoms with Crippen molar-refractivity contribution in [3.63, 3.8) is 0 Å². The summed E-state index contributed by atoms with van der Waals surface area (Å²) >= 11 is 4.90. The Morgan fingerprint density at radius 1 is 1.33 bits per heavy atom. The molecule has 114 valence electrons. The number of amides is 1. The average Bonchev–Trinajstić information content (AvgIpc) is 3.00. The Morgan fingerprint density at radius 3 is 2.48 bits per heavy atom. The SMILES string of the molecule is CCN(C(=O)COc1ccc(C(N)=S)cc1)C1CCCC1. The van der Waals surface area contributed by atoms with Crippen molar-refractivity contribution < 1.29 is 9.53 Å². The average molecular weight is 306 g/mol. The Labute approximate surface area is 131 Å². The van der Waals surface area contributed by atoms with Gasteiger partial charge in [0.2, 0.25) is 0 Å². The summed E-state index contributed by atoms with van der Waals surface area (Å²) in [5, 5.41) is 0. The predicted octanol–water partition coefficient (Wildman–Crippen LogP) is 2.49. The quantitative estimate of drug-likeness (QED) is 0.820. The number of likely N-dealkylation sites (N-methyl/N-ethyl adjacent to an activating group) is 1. The van der Waals surface area contributed by atoms with Crippen molar-refractivity contribution in [1.82, 2.24) is 4.90 Å². The van der Waals surface area contributed by atoms with Crippen LogP contribution in [0.3, 0.4) is 0 Å². The van der Waals surface area contributed by atoms with E-state index in [2.05, 4.69) is 0 Å². The van der Waals surface area contributed by atoms with Crippen molar-refractivity contribution in [3.05, 3.63) is 29.8 Å². The van der Waals surface area contributed by atoms with Crippen LogP contribution in [0, 0.1) is 0 Å². The molecule has 1 fully saturated rings. The van der Waals surface area contributed by atoms with Crippen LogP contribution in [0.5, 0.6) is 5.75 Å². The van der Waals surface area contributed by atoms with E-state index in [0.29, 0.717) is 16.8 Å². The van der Waals surface area contributed by atoms with E-state index in [1.54, 1.807) is 24.3 Å². The maximum atomic E-state index is 12.3. The fourth-order valence-corrected chi connectivity index (χ4v) is 2.93. The number of carbonyl (C=O) groups excluding carboxylic acids is 1. The van der Waals surface area contributed by atoms with Gasteiger partial charge in [0.25, 0.3) is 5.91 Å². The van der Waals surface area contributed by atoms with Gasteiger partial charge in [0.05, 0.1) is 0 Å². The molecule has 0 saturated heterocycles. The molecule has 0 bridgehead atoms. The highest BCUT2D eigenvalue weighted by atomic mass is 32.1. The lowest BCUT2D eigenvalue weighted by atomic mass is 10.2. The monoisotopic (exact) mass is 306 g/mol. The molecule has 1 saturated carbocycles. The van der Waals surface area contributed by atoms with Crippen LogP contribution in [0.1, 0.15) is 38.2 Å². The van der Waals surface area contributed by atoms with E-state index in [0.717, 1.165) is 24.9 Å². The molecule has 1 aromatic carbocycles. The molecule has 0 aromatic heterocycles. The molecule has 2 rings (SSSR count). The van der Waals surface area contributed by atoms with Crippen molar-refractivity contribution in [2.24, 2.45) is 5.73 Å². The number of hydrogen-bond acceptors (Lipinski definition) is 3. The normalized spacial score (nSPS) is 14.9. The molecule has 0 heterocycles. The van der Waals surface area contributed by atoms with Gasteiger partial charge in [-0.2, -0.15) is 0 Å². The smallest absolute Gasteiger partial charge is 0.260 e. The summed E-state index contributed by atoms with van der Waals surface area (Å²) in [6.07, 6.45) is 4.66. The highest BCUT2D eigenvalue weighted by molar-refractivity contribution is 7.80. The largest absolute Gasteiger partial charge is 0.484 e. The Hall–Kier alpha value is -1.62. The maximum Gasteiger partial charge on any atom is 0.260 e. The van der Waals surface area contributed by atoms with Crippen LogP contribution in [-0.2, 0) is 4.79 Å². The highest BCUT2D eigenvalue weighted by Gasteiger charge is 2.25. The molecule has 0 aliphatic heterocycles. The lowest BCUT2D eigenvalue weighted by molar-refractivity contribution is -0.135. The van der Waals surface area contributed by atoms with Gasteiger partial charge in [0, 0.05) is 18.2 Å². The summed E-state index contributed by atoms with van der Waals surface area (Å²) in [6, 6.07) is 7.57. The molecule has 1 aliphatic carbocycles. The summed E-state index contributed by atoms with van der Waals surface area (Å²) in [6.45, 7) is 2.84. The molecule has 0 spiro atoms. The summed E-state index contributed by atoms with van der Waals surface area (Å²) < 4.78 is 5.57. The Morgan fingerprint density at radius 2 is 1.95 bits per heavy atom. The van der Waals surface area contributed by atoms with Crippen LogP contribution in [0.15, 0.2) is 24.3 Å². The summed E-state index contributed by atoms with van der Waals surface area (Å²) in [5.74, 6) is 0.716. The first-order valence-corrected chi connectivity index (χ1v) is 7.84. The minimum absolute atomic E-state index is 0.0582. The molecule has 2 N–H and O–H groups in total. The number of rotatable bonds is 6. The van der Waals surface area contributed by atoms with E-state index in [1.807, 2.05) is 11.8 Å². The van der Waals surface area contributed by atoms with E-state index >= 15 is 0 Å². The number of hydrogen-bond donors (Lipinski definition) is 1. The van der Waals surface area contributed by atoms with Crippen LogP contribution in [-0.4, -0.2) is 35.0 Å². The van der Waals surface area contributed by atoms with E-state index in [-0.39, 0.29) is 12.5 Å². The molecule has 1 aliphatic rings. The van der Waals surface area contributed by atoms with Crippen molar-refractivity contribution in [2.75, 3.05) is 13.2 Å². The van der Waals surface area contributed by atoms with Gasteiger partial charge in [-0.05, 0) is 44.0 Å². The second-order valence-electron chi connectivity index (χ2n) is 5.30. The number of benzene rings is 1. The Balaban J connectivity index is 1.88. The van der Waals surface area contributed by atoms with E-state index < -0.39 is 0 Å². The van der Waals surface area contributed by atoms with Crippen LogP contribution in [0.4, 0.5) is 0 Å². The molecular formula is C16H22N2O2S. The predicted molar refractivity (Wildman–Crippen MR) is 87.5 cm³/mol. The lowest BCUT2D eigenvalue weighted by Gasteiger charge is -2.27. The zero-order valence-electron chi connectivity index (χ0n) is 12.4. The Bertz CT molecular complexity index is 496. The van der Waals surface area contributed by atoms with Crippen molar-refractivity contribution >= 4 is 23.1 Å². The van der Waals surface area contributed by atoms with Gasteiger partial charge in [-0.3, -0.25) is 4.79 Å². The molecule has 5 heteroatoms. The first-order chi connectivity index (χ1) is 10.1. The molecule has 1 amide bonds. The molecule has 0 unspecified atom stereocenters. The summed E-state index contributed by atoms with van der Waals surface area (Å²) in [5.41, 5.74) is 6.34. The van der Waals surface area contributed by atoms with Crippen molar-refractivity contribution in [1.29, 1.82) is 0 Å². The van der Waals surface area contributed by atoms with Gasteiger partial charge in [0.1, 0.15) is 10.7 Å². The minimum atomic E-state index is 0.0582. The van der Waals surface area contributed by atoms with Gasteiger partial charge in [-0.25, -0.2) is 0 Å². The number of carbonyl (C=O) groups is 1. The third-order valence-corrected chi connectivity index (χ3v) is 4.16. The second-order valence-corrected chi connectivity index (χ2v) is 5.74. The topological polar surface area (TPSA) is 55.6 Å². The van der Waals surface area contributed by atoms with Crippen LogP contribution >= 0.6 is 12.2 Å². The van der Waals surface area contributed by atoms with Gasteiger partial charge in [-0.15, -0.1) is 0 Å².